The molecule has 3 heterocycles. The molecule has 0 aromatic heterocycles. The number of imide groups is 1. The predicted molar refractivity (Wildman–Crippen MR) is 109 cm³/mol. The van der Waals surface area contributed by atoms with Gasteiger partial charge in [0.05, 0.1) is 11.5 Å². The van der Waals surface area contributed by atoms with E-state index in [0.29, 0.717) is 43.2 Å². The van der Waals surface area contributed by atoms with E-state index in [1.165, 1.54) is 4.90 Å². The lowest BCUT2D eigenvalue weighted by atomic mass is 9.91. The molecular weight excluding hydrogens is 426 g/mol. The van der Waals surface area contributed by atoms with Crippen LogP contribution >= 0.6 is 0 Å². The lowest BCUT2D eigenvalue weighted by Crippen LogP contribution is -2.48. The fourth-order valence-corrected chi connectivity index (χ4v) is 6.01. The zero-order chi connectivity index (χ0) is 22.4. The van der Waals surface area contributed by atoms with Gasteiger partial charge in [-0.15, -0.1) is 0 Å². The Morgan fingerprint density at radius 1 is 1.26 bits per heavy atom. The number of urea groups is 1. The third-order valence-electron chi connectivity index (χ3n) is 6.00. The van der Waals surface area contributed by atoms with E-state index in [0.717, 1.165) is 4.90 Å². The molecule has 10 nitrogen and oxygen atoms in total. The molecular formula is C20H25N3O7S. The van der Waals surface area contributed by atoms with Crippen LogP contribution in [0.2, 0.25) is 0 Å². The van der Waals surface area contributed by atoms with Crippen molar-refractivity contribution in [3.05, 3.63) is 23.8 Å². The number of ether oxygens (including phenoxy) is 2. The van der Waals surface area contributed by atoms with Gasteiger partial charge in [0.2, 0.25) is 5.91 Å². The van der Waals surface area contributed by atoms with Gasteiger partial charge in [-0.3, -0.25) is 14.5 Å². The number of hydrogen-bond acceptors (Lipinski definition) is 7. The topological polar surface area (TPSA) is 122 Å². The fraction of sp³-hybridized carbons (Fsp3) is 0.550. The second kappa shape index (κ2) is 7.70. The van der Waals surface area contributed by atoms with E-state index in [4.69, 9.17) is 9.47 Å². The van der Waals surface area contributed by atoms with Crippen LogP contribution in [0.5, 0.6) is 11.5 Å². The van der Waals surface area contributed by atoms with E-state index >= 15 is 0 Å². The zero-order valence-corrected chi connectivity index (χ0v) is 18.2. The van der Waals surface area contributed by atoms with Crippen LogP contribution in [0.15, 0.2) is 18.2 Å². The van der Waals surface area contributed by atoms with Crippen molar-refractivity contribution in [3.63, 3.8) is 0 Å². The molecule has 4 rings (SSSR count). The third kappa shape index (κ3) is 3.82. The van der Waals surface area contributed by atoms with Crippen LogP contribution in [0, 0.1) is 0 Å². The van der Waals surface area contributed by atoms with Gasteiger partial charge in [0.1, 0.15) is 25.3 Å². The average Bonchev–Trinajstić information content (AvgIpc) is 3.20. The Morgan fingerprint density at radius 2 is 1.97 bits per heavy atom. The van der Waals surface area contributed by atoms with E-state index in [-0.39, 0.29) is 11.5 Å². The summed E-state index contributed by atoms with van der Waals surface area (Å²) in [5.41, 5.74) is -0.847. The van der Waals surface area contributed by atoms with Crippen LogP contribution in [-0.4, -0.2) is 79.9 Å². The highest BCUT2D eigenvalue weighted by Gasteiger charge is 2.50. The summed E-state index contributed by atoms with van der Waals surface area (Å²) in [7, 11) is -3.17. The van der Waals surface area contributed by atoms with E-state index in [1.54, 1.807) is 32.0 Å². The molecule has 0 radical (unpaired) electrons. The maximum Gasteiger partial charge on any atom is 0.325 e. The molecule has 0 aliphatic carbocycles. The Labute approximate surface area is 180 Å². The third-order valence-corrected chi connectivity index (χ3v) is 7.75. The predicted octanol–water partition coefficient (Wildman–Crippen LogP) is 0.260. The Bertz CT molecular complexity index is 1040. The van der Waals surface area contributed by atoms with Gasteiger partial charge >= 0.3 is 6.03 Å². The van der Waals surface area contributed by atoms with Gasteiger partial charge < -0.3 is 19.7 Å². The van der Waals surface area contributed by atoms with Crippen LogP contribution in [0.4, 0.5) is 4.79 Å². The Kier molecular flexibility index (Phi) is 5.32. The second-order valence-electron chi connectivity index (χ2n) is 8.04. The molecule has 3 aliphatic rings. The summed E-state index contributed by atoms with van der Waals surface area (Å²) < 4.78 is 34.6. The number of carbonyl (C=O) groups excluding carboxylic acids is 3. The monoisotopic (exact) mass is 451 g/mol. The van der Waals surface area contributed by atoms with E-state index < -0.39 is 45.8 Å². The van der Waals surface area contributed by atoms with Gasteiger partial charge in [-0.2, -0.15) is 0 Å². The number of rotatable bonds is 5. The first-order valence-electron chi connectivity index (χ1n) is 10.2. The van der Waals surface area contributed by atoms with Crippen LogP contribution in [0.1, 0.15) is 25.8 Å². The molecule has 31 heavy (non-hydrogen) atoms. The van der Waals surface area contributed by atoms with Crippen molar-refractivity contribution < 1.29 is 32.3 Å². The Balaban J connectivity index is 1.52. The minimum atomic E-state index is -3.17. The van der Waals surface area contributed by atoms with Crippen molar-refractivity contribution in [1.29, 1.82) is 0 Å². The molecule has 2 atom stereocenters. The summed E-state index contributed by atoms with van der Waals surface area (Å²) in [6, 6.07) is 3.90. The minimum Gasteiger partial charge on any atom is -0.486 e. The summed E-state index contributed by atoms with van der Waals surface area (Å²) in [6.07, 6.45) is 0.358. The zero-order valence-electron chi connectivity index (χ0n) is 17.4. The van der Waals surface area contributed by atoms with Crippen molar-refractivity contribution in [2.24, 2.45) is 0 Å². The van der Waals surface area contributed by atoms with Gasteiger partial charge in [-0.1, -0.05) is 6.07 Å². The lowest BCUT2D eigenvalue weighted by molar-refractivity contribution is -0.139. The standard InChI is InChI=1S/C20H25N3O7S/c1-3-22(14-6-9-31(27,28)12-14)17(24)11-23-18(25)20(2,21-19(23)26)13-4-5-15-16(10-13)30-8-7-29-15/h4-5,10,14H,3,6-9,11-12H2,1-2H3,(H,21,26)/t14-,20-/m1/s1. The van der Waals surface area contributed by atoms with E-state index in [1.807, 2.05) is 0 Å². The smallest absolute Gasteiger partial charge is 0.325 e. The summed E-state index contributed by atoms with van der Waals surface area (Å²) >= 11 is 0. The number of nitrogens with zero attached hydrogens (tertiary/aromatic N) is 2. The SMILES string of the molecule is CCN(C(=O)CN1C(=O)N[C@](C)(c2ccc3c(c2)OCCO3)C1=O)[C@@H]1CCS(=O)(=O)C1. The van der Waals surface area contributed by atoms with Crippen LogP contribution in [0.25, 0.3) is 0 Å². The normalized spacial score (nSPS) is 26.6. The number of likely N-dealkylation sites (N-methyl/N-ethyl adjacent to an activating group) is 1. The Morgan fingerprint density at radius 3 is 2.61 bits per heavy atom. The maximum absolute atomic E-state index is 13.2. The minimum absolute atomic E-state index is 0.0345. The average molecular weight is 452 g/mol. The molecule has 2 fully saturated rings. The first-order valence-corrected chi connectivity index (χ1v) is 12.0. The fourth-order valence-electron chi connectivity index (χ4n) is 4.28. The first-order chi connectivity index (χ1) is 14.6. The quantitative estimate of drug-likeness (QED) is 0.637. The lowest BCUT2D eigenvalue weighted by Gasteiger charge is -2.28. The summed E-state index contributed by atoms with van der Waals surface area (Å²) in [4.78, 5) is 41.0. The molecule has 4 amide bonds. The number of carbonyl (C=O) groups is 3. The van der Waals surface area contributed by atoms with Crippen molar-refractivity contribution in [2.45, 2.75) is 31.8 Å². The molecule has 168 valence electrons. The number of nitrogens with one attached hydrogen (secondary N) is 1. The molecule has 1 N–H and O–H groups in total. The van der Waals surface area contributed by atoms with E-state index in [9.17, 15) is 22.8 Å². The molecule has 2 saturated heterocycles. The number of amides is 4. The second-order valence-corrected chi connectivity index (χ2v) is 10.3. The van der Waals surface area contributed by atoms with Crippen molar-refractivity contribution in [3.8, 4) is 11.5 Å². The molecule has 1 aromatic rings. The van der Waals surface area contributed by atoms with Crippen LogP contribution < -0.4 is 14.8 Å². The van der Waals surface area contributed by atoms with Gasteiger partial charge in [0, 0.05) is 12.6 Å². The van der Waals surface area contributed by atoms with Gasteiger partial charge in [-0.25, -0.2) is 13.2 Å². The van der Waals surface area contributed by atoms with Gasteiger partial charge in [0.15, 0.2) is 21.3 Å². The highest BCUT2D eigenvalue weighted by atomic mass is 32.2. The highest BCUT2D eigenvalue weighted by Crippen LogP contribution is 2.36. The number of benzene rings is 1. The van der Waals surface area contributed by atoms with Crippen molar-refractivity contribution in [2.75, 3.05) is 37.8 Å². The van der Waals surface area contributed by atoms with Crippen molar-refractivity contribution in [1.82, 2.24) is 15.1 Å². The molecule has 3 aliphatic heterocycles. The molecule has 0 unspecified atom stereocenters. The molecule has 0 saturated carbocycles. The van der Waals surface area contributed by atoms with Gasteiger partial charge in [-0.05, 0) is 38.0 Å². The number of fused-ring (bicyclic) bond motifs is 1. The van der Waals surface area contributed by atoms with Crippen LogP contribution in [-0.2, 0) is 25.0 Å². The summed E-state index contributed by atoms with van der Waals surface area (Å²) in [5, 5.41) is 2.67. The molecule has 1 aromatic carbocycles. The maximum atomic E-state index is 13.2. The number of hydrogen-bond donors (Lipinski definition) is 1. The molecule has 0 bridgehead atoms. The van der Waals surface area contributed by atoms with Crippen LogP contribution in [0.3, 0.4) is 0 Å². The molecule has 0 spiro atoms. The summed E-state index contributed by atoms with van der Waals surface area (Å²) in [5.74, 6) is -0.0280. The largest absolute Gasteiger partial charge is 0.486 e. The first kappa shape index (κ1) is 21.4. The Hall–Kier alpha value is -2.82. The number of sulfone groups is 1. The van der Waals surface area contributed by atoms with Crippen molar-refractivity contribution >= 4 is 27.7 Å². The highest BCUT2D eigenvalue weighted by molar-refractivity contribution is 7.91. The van der Waals surface area contributed by atoms with E-state index in [2.05, 4.69) is 5.32 Å². The molecule has 11 heteroatoms. The van der Waals surface area contributed by atoms with Gasteiger partial charge in [0.25, 0.3) is 5.91 Å². The summed E-state index contributed by atoms with van der Waals surface area (Å²) in [6.45, 7) is 3.98.